The number of aromatic carboxylic acids is 1. The Labute approximate surface area is 223 Å². The topological polar surface area (TPSA) is 123 Å². The lowest BCUT2D eigenvalue weighted by atomic mass is 9.94. The predicted molar refractivity (Wildman–Crippen MR) is 139 cm³/mol. The van der Waals surface area contributed by atoms with E-state index in [0.717, 1.165) is 0 Å². The van der Waals surface area contributed by atoms with Gasteiger partial charge in [0.1, 0.15) is 23.0 Å². The number of hydrogen-bond donors (Lipinski definition) is 2. The van der Waals surface area contributed by atoms with Crippen LogP contribution in [0.4, 0.5) is 0 Å². The van der Waals surface area contributed by atoms with Gasteiger partial charge in [-0.25, -0.2) is 4.79 Å². The Kier molecular flexibility index (Phi) is 7.59. The number of benzene rings is 3. The highest BCUT2D eigenvalue weighted by Crippen LogP contribution is 2.43. The van der Waals surface area contributed by atoms with Crippen LogP contribution in [0.2, 0.25) is 5.02 Å². The first-order valence-electron chi connectivity index (χ1n) is 11.4. The summed E-state index contributed by atoms with van der Waals surface area (Å²) in [5, 5.41) is 20.9. The molecule has 0 aliphatic carbocycles. The molecule has 0 bridgehead atoms. The summed E-state index contributed by atoms with van der Waals surface area (Å²) >= 11 is 6.21. The monoisotopic (exact) mass is 537 g/mol. The number of carboxylic acids is 1. The number of carbonyl (C=O) groups is 3. The van der Waals surface area contributed by atoms with Crippen molar-refractivity contribution in [2.24, 2.45) is 0 Å². The zero-order chi connectivity index (χ0) is 27.6. The number of ketones is 1. The maximum Gasteiger partial charge on any atom is 0.335 e. The van der Waals surface area contributed by atoms with Crippen LogP contribution >= 0.6 is 11.6 Å². The molecule has 0 saturated carbocycles. The van der Waals surface area contributed by atoms with E-state index in [1.54, 1.807) is 36.4 Å². The number of hydrogen-bond acceptors (Lipinski definition) is 7. The van der Waals surface area contributed by atoms with Gasteiger partial charge in [-0.05, 0) is 41.5 Å². The molecule has 0 aromatic heterocycles. The number of aliphatic hydroxyl groups is 1. The van der Waals surface area contributed by atoms with Gasteiger partial charge in [-0.15, -0.1) is 0 Å². The summed E-state index contributed by atoms with van der Waals surface area (Å²) in [5.74, 6) is -2.27. The SMILES string of the molecule is COc1ccc(C2/C(=C(\O)c3cc(OC)c(Cl)cc3OC)C(=O)C(=O)N2Cc2ccc(C(=O)O)cc2)cc1. The fourth-order valence-corrected chi connectivity index (χ4v) is 4.55. The molecule has 3 aromatic carbocycles. The third-order valence-corrected chi connectivity index (χ3v) is 6.55. The summed E-state index contributed by atoms with van der Waals surface area (Å²) in [5.41, 5.74) is 1.21. The molecule has 1 fully saturated rings. The molecule has 0 radical (unpaired) electrons. The Hall–Kier alpha value is -4.50. The van der Waals surface area contributed by atoms with E-state index in [1.807, 2.05) is 0 Å². The van der Waals surface area contributed by atoms with Crippen molar-refractivity contribution >= 4 is 35.0 Å². The van der Waals surface area contributed by atoms with E-state index in [1.165, 1.54) is 50.5 Å². The fraction of sp³-hybridized carbons (Fsp3) is 0.179. The minimum Gasteiger partial charge on any atom is -0.507 e. The summed E-state index contributed by atoms with van der Waals surface area (Å²) in [6, 6.07) is 14.6. The van der Waals surface area contributed by atoms with E-state index in [2.05, 4.69) is 0 Å². The number of carbonyl (C=O) groups excluding carboxylic acids is 2. The lowest BCUT2D eigenvalue weighted by Gasteiger charge is -2.26. The van der Waals surface area contributed by atoms with Crippen molar-refractivity contribution in [2.45, 2.75) is 12.6 Å². The molecular weight excluding hydrogens is 514 g/mol. The Bertz CT molecular complexity index is 1430. The zero-order valence-corrected chi connectivity index (χ0v) is 21.5. The largest absolute Gasteiger partial charge is 0.507 e. The third kappa shape index (κ3) is 4.88. The molecule has 1 heterocycles. The molecule has 38 heavy (non-hydrogen) atoms. The second-order valence-electron chi connectivity index (χ2n) is 8.39. The van der Waals surface area contributed by atoms with Crippen LogP contribution in [0, 0.1) is 0 Å². The average Bonchev–Trinajstić information content (AvgIpc) is 3.17. The number of methoxy groups -OCH3 is 3. The molecule has 1 atom stereocenters. The molecule has 1 saturated heterocycles. The van der Waals surface area contributed by atoms with E-state index in [4.69, 9.17) is 25.8 Å². The smallest absolute Gasteiger partial charge is 0.335 e. The standard InChI is InChI=1S/C28H24ClNO8/c1-36-18-10-8-16(9-11-18)24-23(25(31)19-12-22(38-3)20(29)13-21(19)37-2)26(32)27(33)30(24)14-15-4-6-17(7-5-15)28(34)35/h4-13,24,31H,14H2,1-3H3,(H,34,35)/b25-23+. The van der Waals surface area contributed by atoms with Crippen molar-refractivity contribution in [3.63, 3.8) is 0 Å². The highest BCUT2D eigenvalue weighted by Gasteiger charge is 2.46. The van der Waals surface area contributed by atoms with Crippen LogP contribution in [0.3, 0.4) is 0 Å². The molecule has 2 N–H and O–H groups in total. The van der Waals surface area contributed by atoms with Crippen molar-refractivity contribution in [3.8, 4) is 17.2 Å². The second kappa shape index (κ2) is 10.9. The Balaban J connectivity index is 1.88. The number of aliphatic hydroxyl groups excluding tert-OH is 1. The van der Waals surface area contributed by atoms with E-state index >= 15 is 0 Å². The third-order valence-electron chi connectivity index (χ3n) is 6.25. The van der Waals surface area contributed by atoms with Crippen molar-refractivity contribution in [1.82, 2.24) is 4.90 Å². The molecule has 4 rings (SSSR count). The van der Waals surface area contributed by atoms with Crippen LogP contribution < -0.4 is 14.2 Å². The molecule has 1 aliphatic heterocycles. The molecular formula is C28H24ClNO8. The average molecular weight is 538 g/mol. The summed E-state index contributed by atoms with van der Waals surface area (Å²) in [4.78, 5) is 39.2. The number of halogens is 1. The zero-order valence-electron chi connectivity index (χ0n) is 20.7. The van der Waals surface area contributed by atoms with E-state index < -0.39 is 29.5 Å². The van der Waals surface area contributed by atoms with Crippen LogP contribution in [0.5, 0.6) is 17.2 Å². The molecule has 1 amide bonds. The van der Waals surface area contributed by atoms with Gasteiger partial charge >= 0.3 is 5.97 Å². The van der Waals surface area contributed by atoms with Gasteiger partial charge in [0, 0.05) is 12.6 Å². The lowest BCUT2D eigenvalue weighted by Crippen LogP contribution is -2.29. The number of carboxylic acid groups (broad SMARTS) is 1. The minimum absolute atomic E-state index is 0.0149. The number of amides is 1. The van der Waals surface area contributed by atoms with Gasteiger partial charge in [-0.1, -0.05) is 35.9 Å². The number of rotatable bonds is 8. The van der Waals surface area contributed by atoms with Crippen LogP contribution in [-0.4, -0.2) is 54.1 Å². The second-order valence-corrected chi connectivity index (χ2v) is 8.80. The van der Waals surface area contributed by atoms with Gasteiger partial charge < -0.3 is 29.3 Å². The molecule has 0 spiro atoms. The van der Waals surface area contributed by atoms with Gasteiger partial charge in [0.15, 0.2) is 0 Å². The van der Waals surface area contributed by atoms with Crippen LogP contribution in [0.25, 0.3) is 5.76 Å². The summed E-state index contributed by atoms with van der Waals surface area (Å²) in [7, 11) is 4.31. The first kappa shape index (κ1) is 26.6. The van der Waals surface area contributed by atoms with Crippen LogP contribution in [0.1, 0.15) is 33.1 Å². The van der Waals surface area contributed by atoms with E-state index in [-0.39, 0.29) is 39.8 Å². The Morgan fingerprint density at radius 1 is 0.895 bits per heavy atom. The van der Waals surface area contributed by atoms with Crippen molar-refractivity contribution in [1.29, 1.82) is 0 Å². The fourth-order valence-electron chi connectivity index (χ4n) is 4.32. The van der Waals surface area contributed by atoms with Gasteiger partial charge in [-0.3, -0.25) is 9.59 Å². The molecule has 1 unspecified atom stereocenters. The Morgan fingerprint density at radius 3 is 2.08 bits per heavy atom. The van der Waals surface area contributed by atoms with E-state index in [0.29, 0.717) is 16.9 Å². The van der Waals surface area contributed by atoms with Crippen LogP contribution in [0.15, 0.2) is 66.2 Å². The number of nitrogens with zero attached hydrogens (tertiary/aromatic N) is 1. The number of likely N-dealkylation sites (tertiary alicyclic amines) is 1. The molecule has 1 aliphatic rings. The highest BCUT2D eigenvalue weighted by atomic mass is 35.5. The quantitative estimate of drug-likeness (QED) is 0.241. The molecule has 3 aromatic rings. The van der Waals surface area contributed by atoms with E-state index in [9.17, 15) is 24.6 Å². The maximum atomic E-state index is 13.4. The Morgan fingerprint density at radius 2 is 1.53 bits per heavy atom. The lowest BCUT2D eigenvalue weighted by molar-refractivity contribution is -0.140. The van der Waals surface area contributed by atoms with Crippen molar-refractivity contribution < 1.29 is 38.8 Å². The molecule has 10 heteroatoms. The highest BCUT2D eigenvalue weighted by molar-refractivity contribution is 6.46. The maximum absolute atomic E-state index is 13.4. The van der Waals surface area contributed by atoms with Gasteiger partial charge in [0.2, 0.25) is 0 Å². The first-order valence-corrected chi connectivity index (χ1v) is 11.7. The van der Waals surface area contributed by atoms with Gasteiger partial charge in [-0.2, -0.15) is 0 Å². The molecule has 9 nitrogen and oxygen atoms in total. The summed E-state index contributed by atoms with van der Waals surface area (Å²) < 4.78 is 15.9. The number of ether oxygens (including phenoxy) is 3. The van der Waals surface area contributed by atoms with Gasteiger partial charge in [0.25, 0.3) is 11.7 Å². The molecule has 196 valence electrons. The minimum atomic E-state index is -1.08. The van der Waals surface area contributed by atoms with Crippen molar-refractivity contribution in [3.05, 3.63) is 93.5 Å². The number of Topliss-reactive ketones (excluding diaryl/α,β-unsaturated/α-hetero) is 1. The van der Waals surface area contributed by atoms with Crippen molar-refractivity contribution in [2.75, 3.05) is 21.3 Å². The normalized spacial score (nSPS) is 16.4. The first-order chi connectivity index (χ1) is 18.2. The summed E-state index contributed by atoms with van der Waals surface area (Å²) in [6.07, 6.45) is 0. The predicted octanol–water partition coefficient (Wildman–Crippen LogP) is 4.69. The summed E-state index contributed by atoms with van der Waals surface area (Å²) in [6.45, 7) is -0.0149. The van der Waals surface area contributed by atoms with Gasteiger partial charge in [0.05, 0.1) is 49.1 Å². The van der Waals surface area contributed by atoms with Crippen LogP contribution in [-0.2, 0) is 16.1 Å².